The van der Waals surface area contributed by atoms with Crippen molar-refractivity contribution in [2.45, 2.75) is 32.6 Å². The predicted molar refractivity (Wildman–Crippen MR) is 45.1 cm³/mol. The summed E-state index contributed by atoms with van der Waals surface area (Å²) in [6, 6.07) is 0. The number of nitrogens with zero attached hydrogens (tertiary/aromatic N) is 1. The van der Waals surface area contributed by atoms with Crippen molar-refractivity contribution >= 4 is 6.41 Å². The Morgan fingerprint density at radius 1 is 1.27 bits per heavy atom. The minimum Gasteiger partial charge on any atom is -0.263 e. The lowest BCUT2D eigenvalue weighted by molar-refractivity contribution is -0.851. The lowest BCUT2D eigenvalue weighted by atomic mass is 10.1. The molecule has 0 bridgehead atoms. The van der Waals surface area contributed by atoms with Crippen molar-refractivity contribution in [2.24, 2.45) is 0 Å². The van der Waals surface area contributed by atoms with Crippen molar-refractivity contribution in [3.05, 3.63) is 0 Å². The summed E-state index contributed by atoms with van der Waals surface area (Å²) in [5.41, 5.74) is 0. The van der Waals surface area contributed by atoms with Crippen LogP contribution in [0, 0.1) is 0 Å². The van der Waals surface area contributed by atoms with Gasteiger partial charge >= 0.3 is 6.41 Å². The number of likely N-dealkylation sites (tertiary alicyclic amines) is 1. The molecule has 0 aliphatic carbocycles. The molecule has 0 saturated carbocycles. The molecule has 1 saturated heterocycles. The Bertz CT molecular complexity index is 122. The lowest BCUT2D eigenvalue weighted by Crippen LogP contribution is -2.50. The van der Waals surface area contributed by atoms with Gasteiger partial charge in [0.1, 0.15) is 0 Å². The molecule has 1 rings (SSSR count). The molecule has 0 unspecified atom stereocenters. The van der Waals surface area contributed by atoms with E-state index in [9.17, 15) is 4.79 Å². The number of piperidine rings is 1. The Kier molecular flexibility index (Phi) is 3.06. The van der Waals surface area contributed by atoms with Gasteiger partial charge in [-0.3, -0.25) is 4.48 Å². The SMILES string of the molecule is CCC[N+]1(C=O)CCCCC1. The number of quaternary nitrogens is 1. The van der Waals surface area contributed by atoms with E-state index in [-0.39, 0.29) is 0 Å². The van der Waals surface area contributed by atoms with Gasteiger partial charge in [-0.05, 0) is 25.7 Å². The lowest BCUT2D eigenvalue weighted by Gasteiger charge is -2.34. The molecular weight excluding hydrogens is 138 g/mol. The van der Waals surface area contributed by atoms with Gasteiger partial charge in [0.15, 0.2) is 0 Å². The largest absolute Gasteiger partial charge is 0.301 e. The molecule has 11 heavy (non-hydrogen) atoms. The third kappa shape index (κ3) is 2.03. The first-order chi connectivity index (χ1) is 5.33. The van der Waals surface area contributed by atoms with Crippen molar-refractivity contribution in [1.82, 2.24) is 0 Å². The van der Waals surface area contributed by atoms with Crippen molar-refractivity contribution in [3.8, 4) is 0 Å². The van der Waals surface area contributed by atoms with Crippen LogP contribution in [0.5, 0.6) is 0 Å². The molecule has 1 amide bonds. The smallest absolute Gasteiger partial charge is 0.263 e. The fourth-order valence-electron chi connectivity index (χ4n) is 1.97. The maximum absolute atomic E-state index is 10.8. The van der Waals surface area contributed by atoms with E-state index in [0.29, 0.717) is 0 Å². The molecule has 1 fully saturated rings. The van der Waals surface area contributed by atoms with Gasteiger partial charge < -0.3 is 0 Å². The quantitative estimate of drug-likeness (QED) is 0.447. The van der Waals surface area contributed by atoms with Crippen LogP contribution in [0.3, 0.4) is 0 Å². The van der Waals surface area contributed by atoms with Gasteiger partial charge in [-0.2, -0.15) is 0 Å². The van der Waals surface area contributed by atoms with E-state index in [2.05, 4.69) is 6.92 Å². The highest BCUT2D eigenvalue weighted by atomic mass is 16.1. The van der Waals surface area contributed by atoms with Gasteiger partial charge in [0, 0.05) is 0 Å². The molecule has 1 heterocycles. The van der Waals surface area contributed by atoms with E-state index in [4.69, 9.17) is 0 Å². The second kappa shape index (κ2) is 3.86. The Balaban J connectivity index is 2.49. The zero-order valence-electron chi connectivity index (χ0n) is 7.38. The number of carbonyl (C=O) groups is 1. The first-order valence-corrected chi connectivity index (χ1v) is 4.65. The molecule has 0 aromatic heterocycles. The van der Waals surface area contributed by atoms with Crippen LogP contribution in [-0.2, 0) is 4.79 Å². The van der Waals surface area contributed by atoms with Crippen LogP contribution in [-0.4, -0.2) is 30.5 Å². The third-order valence-electron chi connectivity index (χ3n) is 2.60. The zero-order chi connectivity index (χ0) is 8.16. The van der Waals surface area contributed by atoms with E-state index < -0.39 is 0 Å². The van der Waals surface area contributed by atoms with Gasteiger partial charge in [-0.1, -0.05) is 6.92 Å². The van der Waals surface area contributed by atoms with Crippen molar-refractivity contribution < 1.29 is 9.28 Å². The summed E-state index contributed by atoms with van der Waals surface area (Å²) >= 11 is 0. The van der Waals surface area contributed by atoms with E-state index in [1.807, 2.05) is 0 Å². The van der Waals surface area contributed by atoms with Crippen LogP contribution >= 0.6 is 0 Å². The highest BCUT2D eigenvalue weighted by Gasteiger charge is 2.27. The first-order valence-electron chi connectivity index (χ1n) is 4.65. The summed E-state index contributed by atoms with van der Waals surface area (Å²) in [5, 5.41) is 0. The maximum Gasteiger partial charge on any atom is 0.301 e. The van der Waals surface area contributed by atoms with Gasteiger partial charge in [-0.15, -0.1) is 0 Å². The van der Waals surface area contributed by atoms with E-state index >= 15 is 0 Å². The van der Waals surface area contributed by atoms with Crippen molar-refractivity contribution in [3.63, 3.8) is 0 Å². The molecule has 0 N–H and O–H groups in total. The molecule has 1 aliphatic heterocycles. The van der Waals surface area contributed by atoms with Crippen molar-refractivity contribution in [2.75, 3.05) is 19.6 Å². The van der Waals surface area contributed by atoms with E-state index in [0.717, 1.165) is 36.9 Å². The molecular formula is C9H18NO+. The summed E-state index contributed by atoms with van der Waals surface area (Å²) in [4.78, 5) is 10.8. The molecule has 2 heteroatoms. The molecule has 0 atom stereocenters. The first kappa shape index (κ1) is 8.72. The Hall–Kier alpha value is -0.370. The van der Waals surface area contributed by atoms with E-state index in [1.54, 1.807) is 0 Å². The highest BCUT2D eigenvalue weighted by Crippen LogP contribution is 2.16. The minimum absolute atomic E-state index is 0.733. The van der Waals surface area contributed by atoms with Crippen molar-refractivity contribution in [1.29, 1.82) is 0 Å². The van der Waals surface area contributed by atoms with Crippen LogP contribution in [0.25, 0.3) is 0 Å². The summed E-state index contributed by atoms with van der Waals surface area (Å²) in [5.74, 6) is 0. The third-order valence-corrected chi connectivity index (χ3v) is 2.60. The van der Waals surface area contributed by atoms with Crippen LogP contribution in [0.2, 0.25) is 0 Å². The standard InChI is InChI=1S/C9H18NO/c1-2-6-10(9-11)7-4-3-5-8-10/h9H,2-8H2,1H3/q+1. The number of rotatable bonds is 3. The van der Waals surface area contributed by atoms with Gasteiger partial charge in [0.25, 0.3) is 0 Å². The van der Waals surface area contributed by atoms with Crippen LogP contribution in [0.15, 0.2) is 0 Å². The van der Waals surface area contributed by atoms with Gasteiger partial charge in [-0.25, -0.2) is 4.79 Å². The van der Waals surface area contributed by atoms with Gasteiger partial charge in [0.2, 0.25) is 0 Å². The summed E-state index contributed by atoms with van der Waals surface area (Å²) in [6.07, 6.45) is 6.07. The summed E-state index contributed by atoms with van der Waals surface area (Å²) in [6.45, 7) is 5.36. The second-order valence-corrected chi connectivity index (χ2v) is 3.56. The minimum atomic E-state index is 0.733. The molecule has 1 aliphatic rings. The van der Waals surface area contributed by atoms with Crippen LogP contribution < -0.4 is 0 Å². The Morgan fingerprint density at radius 2 is 1.91 bits per heavy atom. The Morgan fingerprint density at radius 3 is 2.36 bits per heavy atom. The molecule has 0 aromatic rings. The number of hydrogen-bond acceptors (Lipinski definition) is 1. The van der Waals surface area contributed by atoms with E-state index in [1.165, 1.54) is 19.3 Å². The number of hydrogen-bond donors (Lipinski definition) is 0. The molecule has 0 spiro atoms. The van der Waals surface area contributed by atoms with Gasteiger partial charge in [0.05, 0.1) is 19.6 Å². The number of amides is 1. The zero-order valence-corrected chi connectivity index (χ0v) is 7.38. The molecule has 0 aromatic carbocycles. The summed E-state index contributed by atoms with van der Waals surface area (Å²) in [7, 11) is 0. The maximum atomic E-state index is 10.8. The monoisotopic (exact) mass is 156 g/mol. The molecule has 64 valence electrons. The summed E-state index contributed by atoms with van der Waals surface area (Å²) < 4.78 is 0.733. The fourth-order valence-corrected chi connectivity index (χ4v) is 1.97. The van der Waals surface area contributed by atoms with Crippen LogP contribution in [0.4, 0.5) is 0 Å². The highest BCUT2D eigenvalue weighted by molar-refractivity contribution is 5.37. The predicted octanol–water partition coefficient (Wildman–Crippen LogP) is 1.55. The normalized spacial score (nSPS) is 23.0. The second-order valence-electron chi connectivity index (χ2n) is 3.56. The Labute approximate surface area is 68.8 Å². The topological polar surface area (TPSA) is 17.1 Å². The molecule has 2 nitrogen and oxygen atoms in total. The fraction of sp³-hybridized carbons (Fsp3) is 0.889. The average molecular weight is 156 g/mol. The number of carbonyl (C=O) groups excluding carboxylic acids is 1. The van der Waals surface area contributed by atoms with Crippen LogP contribution in [0.1, 0.15) is 32.6 Å². The molecule has 0 radical (unpaired) electrons. The average Bonchev–Trinajstić information content (AvgIpc) is 2.07.